The molecule has 0 saturated carbocycles. The van der Waals surface area contributed by atoms with Gasteiger partial charge in [0.2, 0.25) is 0 Å². The smallest absolute Gasteiger partial charge is 0.369 e. The number of rotatable bonds is 20. The summed E-state index contributed by atoms with van der Waals surface area (Å²) in [5.41, 5.74) is -1.17. The Kier molecular flexibility index (Phi) is 15.7. The van der Waals surface area contributed by atoms with Crippen LogP contribution in [0.3, 0.4) is 0 Å². The molecule has 1 N–H and O–H groups in total. The maximum Gasteiger partial charge on any atom is 0.369 e. The predicted octanol–water partition coefficient (Wildman–Crippen LogP) is 5.45. The molecule has 29 heavy (non-hydrogen) atoms. The molecule has 6 nitrogen and oxygen atoms in total. The monoisotopic (exact) mass is 417 g/mol. The van der Waals surface area contributed by atoms with E-state index in [4.69, 9.17) is 14.2 Å². The minimum Gasteiger partial charge on any atom is -0.477 e. The number of hydrogen-bond acceptors (Lipinski definition) is 5. The largest absolute Gasteiger partial charge is 0.477 e. The molecule has 0 spiro atoms. The Bertz CT molecular complexity index is 412. The minimum absolute atomic E-state index is 0.235. The van der Waals surface area contributed by atoms with Crippen LogP contribution in [0.25, 0.3) is 0 Å². The number of hydrogen-bond donors (Lipinski definition) is 1. The summed E-state index contributed by atoms with van der Waals surface area (Å²) in [6.45, 7) is 11.3. The second-order valence-electron chi connectivity index (χ2n) is 7.65. The Labute approximate surface area is 179 Å². The van der Waals surface area contributed by atoms with Crippen LogP contribution in [0.2, 0.25) is 0 Å². The summed E-state index contributed by atoms with van der Waals surface area (Å²) < 4.78 is 17.9. The van der Waals surface area contributed by atoms with Crippen LogP contribution in [0.5, 0.6) is 0 Å². The molecule has 0 bridgehead atoms. The Balaban J connectivity index is 5.53. The van der Waals surface area contributed by atoms with E-state index >= 15 is 0 Å². The quantitative estimate of drug-likeness (QED) is 0.210. The minimum atomic E-state index is -1.85. The van der Waals surface area contributed by atoms with Gasteiger partial charge in [0.1, 0.15) is 0 Å². The highest BCUT2D eigenvalue weighted by atomic mass is 16.7. The van der Waals surface area contributed by atoms with Crippen LogP contribution in [-0.2, 0) is 19.0 Å². The van der Waals surface area contributed by atoms with Gasteiger partial charge in [-0.15, -0.1) is 0 Å². The van der Waals surface area contributed by atoms with Crippen LogP contribution in [0.1, 0.15) is 98.8 Å². The number of nitrogens with zero attached hydrogens (tertiary/aromatic N) is 1. The highest BCUT2D eigenvalue weighted by Crippen LogP contribution is 2.39. The lowest BCUT2D eigenvalue weighted by molar-refractivity contribution is -0.356. The van der Waals surface area contributed by atoms with Crippen LogP contribution in [-0.4, -0.2) is 60.9 Å². The Morgan fingerprint density at radius 2 is 1.24 bits per heavy atom. The first-order chi connectivity index (χ1) is 13.9. The molecule has 0 aliphatic rings. The third-order valence-corrected chi connectivity index (χ3v) is 5.42. The fraction of sp³-hybridized carbons (Fsp3) is 0.957. The lowest BCUT2D eigenvalue weighted by Crippen LogP contribution is -2.70. The summed E-state index contributed by atoms with van der Waals surface area (Å²) in [4.78, 5) is 14.5. The molecule has 0 fully saturated rings. The first-order valence-corrected chi connectivity index (χ1v) is 11.8. The van der Waals surface area contributed by atoms with Crippen molar-refractivity contribution in [1.82, 2.24) is 4.90 Å². The molecular formula is C23H47NO5. The van der Waals surface area contributed by atoms with Gasteiger partial charge in [-0.1, -0.05) is 58.8 Å². The van der Waals surface area contributed by atoms with Gasteiger partial charge in [0, 0.05) is 26.4 Å². The molecule has 0 aromatic rings. The summed E-state index contributed by atoms with van der Waals surface area (Å²) in [6, 6.07) is 0. The molecule has 0 amide bonds. The average molecular weight is 418 g/mol. The zero-order valence-electron chi connectivity index (χ0n) is 19.9. The Morgan fingerprint density at radius 1 is 0.759 bits per heavy atom. The third-order valence-electron chi connectivity index (χ3n) is 5.42. The van der Waals surface area contributed by atoms with E-state index in [1.807, 2.05) is 18.9 Å². The maximum absolute atomic E-state index is 12.5. The van der Waals surface area contributed by atoms with Gasteiger partial charge in [-0.05, 0) is 47.1 Å². The highest BCUT2D eigenvalue weighted by Gasteiger charge is 2.62. The predicted molar refractivity (Wildman–Crippen MR) is 118 cm³/mol. The molecule has 0 radical (unpaired) electrons. The van der Waals surface area contributed by atoms with Gasteiger partial charge in [-0.2, -0.15) is 0 Å². The second-order valence-corrected chi connectivity index (χ2v) is 7.65. The van der Waals surface area contributed by atoms with Crippen molar-refractivity contribution in [3.8, 4) is 0 Å². The molecule has 0 aromatic heterocycles. The first kappa shape index (κ1) is 28.3. The highest BCUT2D eigenvalue weighted by molar-refractivity contribution is 5.77. The summed E-state index contributed by atoms with van der Waals surface area (Å²) in [7, 11) is 1.92. The Hall–Kier alpha value is -0.690. The molecule has 6 heteroatoms. The van der Waals surface area contributed by atoms with Crippen molar-refractivity contribution in [1.29, 1.82) is 0 Å². The van der Waals surface area contributed by atoms with E-state index < -0.39 is 17.5 Å². The van der Waals surface area contributed by atoms with E-state index in [2.05, 4.69) is 13.8 Å². The van der Waals surface area contributed by atoms with Crippen molar-refractivity contribution in [3.05, 3.63) is 0 Å². The Morgan fingerprint density at radius 3 is 1.66 bits per heavy atom. The second kappa shape index (κ2) is 16.1. The van der Waals surface area contributed by atoms with Gasteiger partial charge >= 0.3 is 11.8 Å². The molecule has 0 aliphatic carbocycles. The molecule has 0 aromatic carbocycles. The van der Waals surface area contributed by atoms with Gasteiger partial charge < -0.3 is 19.3 Å². The van der Waals surface area contributed by atoms with Crippen molar-refractivity contribution in [2.24, 2.45) is 0 Å². The van der Waals surface area contributed by atoms with Gasteiger partial charge in [0.25, 0.3) is 0 Å². The van der Waals surface area contributed by atoms with Crippen LogP contribution in [0.15, 0.2) is 0 Å². The number of carboxylic acid groups (broad SMARTS) is 1. The topological polar surface area (TPSA) is 68.2 Å². The van der Waals surface area contributed by atoms with Crippen molar-refractivity contribution >= 4 is 5.97 Å². The fourth-order valence-electron chi connectivity index (χ4n) is 4.10. The van der Waals surface area contributed by atoms with Crippen LogP contribution in [0, 0.1) is 0 Å². The third kappa shape index (κ3) is 8.16. The number of carbonyl (C=O) groups is 1. The number of ether oxygens (including phenoxy) is 3. The molecule has 0 heterocycles. The van der Waals surface area contributed by atoms with Crippen molar-refractivity contribution in [2.45, 2.75) is 110 Å². The standard InChI is InChI=1S/C23H47NO5/c1-7-12-13-14-15-16-17-18-19-22(27-9-3,24(6)20-8-2)23(21(25)26,28-10-4)29-11-5/h7-20H2,1-6H3,(H,25,26). The maximum atomic E-state index is 12.5. The van der Waals surface area contributed by atoms with Crippen molar-refractivity contribution < 1.29 is 24.1 Å². The summed E-state index contributed by atoms with van der Waals surface area (Å²) in [5.74, 6) is -2.98. The van der Waals surface area contributed by atoms with Gasteiger partial charge in [-0.3, -0.25) is 4.90 Å². The van der Waals surface area contributed by atoms with Crippen LogP contribution in [0.4, 0.5) is 0 Å². The van der Waals surface area contributed by atoms with E-state index in [1.165, 1.54) is 32.1 Å². The van der Waals surface area contributed by atoms with Crippen LogP contribution >= 0.6 is 0 Å². The lowest BCUT2D eigenvalue weighted by atomic mass is 9.92. The van der Waals surface area contributed by atoms with Gasteiger partial charge in [0.15, 0.2) is 5.72 Å². The lowest BCUT2D eigenvalue weighted by Gasteiger charge is -2.50. The zero-order valence-corrected chi connectivity index (χ0v) is 19.9. The number of carboxylic acids is 1. The first-order valence-electron chi connectivity index (χ1n) is 11.8. The summed E-state index contributed by atoms with van der Waals surface area (Å²) >= 11 is 0. The molecule has 0 saturated heterocycles. The number of likely N-dealkylation sites (N-methyl/N-ethyl adjacent to an activating group) is 1. The number of unbranched alkanes of at least 4 members (excludes halogenated alkanes) is 7. The van der Waals surface area contributed by atoms with Crippen LogP contribution < -0.4 is 0 Å². The fourth-order valence-corrected chi connectivity index (χ4v) is 4.10. The molecule has 1 atom stereocenters. The van der Waals surface area contributed by atoms with E-state index in [1.54, 1.807) is 13.8 Å². The normalized spacial score (nSPS) is 14.3. The van der Waals surface area contributed by atoms with E-state index in [9.17, 15) is 9.90 Å². The van der Waals surface area contributed by atoms with E-state index in [0.29, 0.717) is 19.6 Å². The van der Waals surface area contributed by atoms with E-state index in [0.717, 1.165) is 25.7 Å². The molecule has 1 unspecified atom stereocenters. The van der Waals surface area contributed by atoms with Crippen molar-refractivity contribution in [2.75, 3.05) is 33.4 Å². The molecule has 174 valence electrons. The summed E-state index contributed by atoms with van der Waals surface area (Å²) in [6.07, 6.45) is 10.9. The summed E-state index contributed by atoms with van der Waals surface area (Å²) in [5, 5.41) is 10.2. The zero-order chi connectivity index (χ0) is 22.2. The van der Waals surface area contributed by atoms with Gasteiger partial charge in [-0.25, -0.2) is 4.79 Å². The average Bonchev–Trinajstić information content (AvgIpc) is 2.68. The van der Waals surface area contributed by atoms with Gasteiger partial charge in [0.05, 0.1) is 0 Å². The van der Waals surface area contributed by atoms with Crippen molar-refractivity contribution in [3.63, 3.8) is 0 Å². The SMILES string of the molecule is CCCCCCCCCCC(OCC)(N(C)CCC)C(OCC)(OCC)C(=O)O. The molecular weight excluding hydrogens is 370 g/mol. The molecule has 0 aliphatic heterocycles. The van der Waals surface area contributed by atoms with E-state index in [-0.39, 0.29) is 13.2 Å². The molecule has 0 rings (SSSR count). The number of aliphatic carboxylic acids is 1.